The van der Waals surface area contributed by atoms with Crippen molar-refractivity contribution < 1.29 is 9.53 Å². The molecule has 0 aromatic heterocycles. The van der Waals surface area contributed by atoms with Crippen LogP contribution < -0.4 is 5.32 Å². The molecule has 1 amide bonds. The third-order valence-corrected chi connectivity index (χ3v) is 3.64. The van der Waals surface area contributed by atoms with Gasteiger partial charge in [0.2, 0.25) is 0 Å². The molecular weight excluding hydrogens is 228 g/mol. The van der Waals surface area contributed by atoms with Gasteiger partial charge in [0.1, 0.15) is 0 Å². The molecule has 3 rings (SSSR count). The summed E-state index contributed by atoms with van der Waals surface area (Å²) in [6, 6.07) is 8.26. The van der Waals surface area contributed by atoms with Gasteiger partial charge in [-0.25, -0.2) is 0 Å². The minimum atomic E-state index is 0.169. The van der Waals surface area contributed by atoms with Gasteiger partial charge < -0.3 is 15.0 Å². The quantitative estimate of drug-likeness (QED) is 0.866. The molecule has 2 aliphatic heterocycles. The van der Waals surface area contributed by atoms with Gasteiger partial charge in [-0.15, -0.1) is 0 Å². The Labute approximate surface area is 107 Å². The molecule has 0 radical (unpaired) electrons. The zero-order chi connectivity index (χ0) is 12.4. The topological polar surface area (TPSA) is 41.6 Å². The van der Waals surface area contributed by atoms with E-state index in [9.17, 15) is 4.79 Å². The van der Waals surface area contributed by atoms with Crippen molar-refractivity contribution in [1.82, 2.24) is 10.2 Å². The van der Waals surface area contributed by atoms with Crippen molar-refractivity contribution in [2.75, 3.05) is 26.3 Å². The summed E-state index contributed by atoms with van der Waals surface area (Å²) in [7, 11) is 0. The fourth-order valence-electron chi connectivity index (χ4n) is 2.61. The van der Waals surface area contributed by atoms with Gasteiger partial charge in [-0.1, -0.05) is 18.2 Å². The zero-order valence-corrected chi connectivity index (χ0v) is 10.4. The Morgan fingerprint density at radius 1 is 1.39 bits per heavy atom. The Balaban J connectivity index is 1.57. The molecule has 2 heterocycles. The maximum absolute atomic E-state index is 12.1. The average molecular weight is 246 g/mol. The van der Waals surface area contributed by atoms with Crippen molar-refractivity contribution >= 4 is 5.91 Å². The summed E-state index contributed by atoms with van der Waals surface area (Å²) >= 11 is 0. The van der Waals surface area contributed by atoms with Crippen LogP contribution in [0.4, 0.5) is 0 Å². The summed E-state index contributed by atoms with van der Waals surface area (Å²) < 4.78 is 5.42. The second kappa shape index (κ2) is 5.08. The van der Waals surface area contributed by atoms with Gasteiger partial charge in [-0.2, -0.15) is 0 Å². The fourth-order valence-corrected chi connectivity index (χ4v) is 2.61. The van der Waals surface area contributed by atoms with Crippen molar-refractivity contribution in [2.24, 2.45) is 0 Å². The molecule has 18 heavy (non-hydrogen) atoms. The van der Waals surface area contributed by atoms with Crippen LogP contribution in [0, 0.1) is 0 Å². The smallest absolute Gasteiger partial charge is 0.254 e. The molecule has 1 N–H and O–H groups in total. The summed E-state index contributed by atoms with van der Waals surface area (Å²) in [4.78, 5) is 14.1. The van der Waals surface area contributed by atoms with Crippen LogP contribution in [0.15, 0.2) is 24.3 Å². The summed E-state index contributed by atoms with van der Waals surface area (Å²) in [5, 5.41) is 3.42. The van der Waals surface area contributed by atoms with Crippen LogP contribution in [0.1, 0.15) is 22.3 Å². The lowest BCUT2D eigenvalue weighted by atomic mass is 10.1. The largest absolute Gasteiger partial charge is 0.379 e. The Kier molecular flexibility index (Phi) is 3.30. The maximum atomic E-state index is 12.1. The van der Waals surface area contributed by atoms with E-state index in [1.54, 1.807) is 0 Å². The number of benzene rings is 1. The minimum absolute atomic E-state index is 0.169. The van der Waals surface area contributed by atoms with Crippen molar-refractivity contribution in [3.8, 4) is 0 Å². The number of ether oxygens (including phenoxy) is 1. The van der Waals surface area contributed by atoms with Crippen LogP contribution >= 0.6 is 0 Å². The third kappa shape index (κ3) is 2.26. The molecule has 4 nitrogen and oxygen atoms in total. The molecule has 1 unspecified atom stereocenters. The molecule has 96 valence electrons. The molecule has 1 aromatic carbocycles. The highest BCUT2D eigenvalue weighted by atomic mass is 16.5. The van der Waals surface area contributed by atoms with Crippen LogP contribution in [-0.2, 0) is 11.3 Å². The lowest BCUT2D eigenvalue weighted by Crippen LogP contribution is -2.43. The minimum Gasteiger partial charge on any atom is -0.379 e. The van der Waals surface area contributed by atoms with Gasteiger partial charge in [-0.3, -0.25) is 4.79 Å². The maximum Gasteiger partial charge on any atom is 0.254 e. The second-order valence-corrected chi connectivity index (χ2v) is 4.90. The molecule has 0 aliphatic carbocycles. The highest BCUT2D eigenvalue weighted by Gasteiger charge is 2.27. The highest BCUT2D eigenvalue weighted by molar-refractivity contribution is 5.98. The number of nitrogens with one attached hydrogen (secondary N) is 1. The van der Waals surface area contributed by atoms with Crippen molar-refractivity contribution in [3.05, 3.63) is 35.4 Å². The number of carbonyl (C=O) groups excluding carboxylic acids is 1. The first-order valence-corrected chi connectivity index (χ1v) is 6.53. The average Bonchev–Trinajstić information content (AvgIpc) is 2.75. The van der Waals surface area contributed by atoms with E-state index in [1.807, 2.05) is 29.2 Å². The molecule has 1 fully saturated rings. The third-order valence-electron chi connectivity index (χ3n) is 3.64. The van der Waals surface area contributed by atoms with Crippen LogP contribution in [0.2, 0.25) is 0 Å². The van der Waals surface area contributed by atoms with E-state index >= 15 is 0 Å². The number of nitrogens with zero attached hydrogens (tertiary/aromatic N) is 1. The Bertz CT molecular complexity index is 441. The molecule has 4 heteroatoms. The second-order valence-electron chi connectivity index (χ2n) is 4.90. The Morgan fingerprint density at radius 2 is 2.28 bits per heavy atom. The van der Waals surface area contributed by atoms with Crippen LogP contribution in [0.5, 0.6) is 0 Å². The first kappa shape index (κ1) is 11.7. The first-order chi connectivity index (χ1) is 8.84. The van der Waals surface area contributed by atoms with Crippen molar-refractivity contribution in [3.63, 3.8) is 0 Å². The SMILES string of the molecule is O=C1c2ccccc2CN1CCC1COCCN1. The number of amides is 1. The molecular formula is C14H18N2O2. The Morgan fingerprint density at radius 3 is 3.06 bits per heavy atom. The predicted octanol–water partition coefficient (Wildman–Crippen LogP) is 1.02. The monoisotopic (exact) mass is 246 g/mol. The first-order valence-electron chi connectivity index (χ1n) is 6.53. The summed E-state index contributed by atoms with van der Waals surface area (Å²) in [5.41, 5.74) is 2.01. The summed E-state index contributed by atoms with van der Waals surface area (Å²) in [6.07, 6.45) is 0.958. The number of morpholine rings is 1. The highest BCUT2D eigenvalue weighted by Crippen LogP contribution is 2.22. The lowest BCUT2D eigenvalue weighted by Gasteiger charge is -2.25. The van der Waals surface area contributed by atoms with Gasteiger partial charge in [0.05, 0.1) is 13.2 Å². The number of hydrogen-bond donors (Lipinski definition) is 1. The standard InChI is InChI=1S/C14H18N2O2/c17-14-13-4-2-1-3-11(13)9-16(14)7-5-12-10-18-8-6-15-12/h1-4,12,15H,5-10H2. The molecule has 0 bridgehead atoms. The van der Waals surface area contributed by atoms with Crippen LogP contribution in [-0.4, -0.2) is 43.2 Å². The van der Waals surface area contributed by atoms with E-state index in [2.05, 4.69) is 5.32 Å². The number of carbonyl (C=O) groups is 1. The van der Waals surface area contributed by atoms with Gasteiger partial charge in [0.15, 0.2) is 0 Å². The fraction of sp³-hybridized carbons (Fsp3) is 0.500. The molecule has 1 saturated heterocycles. The number of rotatable bonds is 3. The lowest BCUT2D eigenvalue weighted by molar-refractivity contribution is 0.0637. The van der Waals surface area contributed by atoms with Gasteiger partial charge in [-0.05, 0) is 18.1 Å². The van der Waals surface area contributed by atoms with E-state index in [1.165, 1.54) is 0 Å². The summed E-state index contributed by atoms with van der Waals surface area (Å²) in [6.45, 7) is 4.02. The van der Waals surface area contributed by atoms with Crippen LogP contribution in [0.25, 0.3) is 0 Å². The van der Waals surface area contributed by atoms with E-state index < -0.39 is 0 Å². The molecule has 1 aromatic rings. The van der Waals surface area contributed by atoms with Crippen molar-refractivity contribution in [2.45, 2.75) is 19.0 Å². The van der Waals surface area contributed by atoms with Crippen LogP contribution in [0.3, 0.4) is 0 Å². The van der Waals surface area contributed by atoms with Gasteiger partial charge >= 0.3 is 0 Å². The Hall–Kier alpha value is -1.39. The van der Waals surface area contributed by atoms with E-state index in [0.717, 1.165) is 50.4 Å². The molecule has 2 aliphatic rings. The van der Waals surface area contributed by atoms with Gasteiger partial charge in [0.25, 0.3) is 5.91 Å². The van der Waals surface area contributed by atoms with E-state index in [-0.39, 0.29) is 5.91 Å². The van der Waals surface area contributed by atoms with E-state index in [0.29, 0.717) is 6.04 Å². The molecule has 0 saturated carbocycles. The normalized spacial score (nSPS) is 23.2. The zero-order valence-electron chi connectivity index (χ0n) is 10.4. The summed E-state index contributed by atoms with van der Waals surface area (Å²) in [5.74, 6) is 0.169. The molecule has 0 spiro atoms. The van der Waals surface area contributed by atoms with Crippen molar-refractivity contribution in [1.29, 1.82) is 0 Å². The van der Waals surface area contributed by atoms with E-state index in [4.69, 9.17) is 4.74 Å². The molecule has 1 atom stereocenters. The number of hydrogen-bond acceptors (Lipinski definition) is 3. The number of fused-ring (bicyclic) bond motifs is 1. The predicted molar refractivity (Wildman–Crippen MR) is 68.4 cm³/mol. The van der Waals surface area contributed by atoms with Gasteiger partial charge in [0, 0.05) is 31.2 Å².